The van der Waals surface area contributed by atoms with Crippen LogP contribution in [0.3, 0.4) is 0 Å². The average Bonchev–Trinajstić information content (AvgIpc) is 3.02. The third kappa shape index (κ3) is 3.64. The molecule has 23 heavy (non-hydrogen) atoms. The molecule has 0 bridgehead atoms. The molecule has 1 unspecified atom stereocenters. The van der Waals surface area contributed by atoms with Gasteiger partial charge in [0.1, 0.15) is 5.76 Å². The summed E-state index contributed by atoms with van der Waals surface area (Å²) in [6, 6.07) is 11.9. The van der Waals surface area contributed by atoms with Crippen molar-refractivity contribution in [3.8, 4) is 0 Å². The number of nitrogens with one attached hydrogen (secondary N) is 1. The Bertz CT molecular complexity index is 648. The molecule has 1 aliphatic heterocycles. The lowest BCUT2D eigenvalue weighted by atomic mass is 10.1. The van der Waals surface area contributed by atoms with Gasteiger partial charge in [-0.15, -0.1) is 0 Å². The minimum atomic E-state index is -0.0164. The fraction of sp³-hybridized carbons (Fsp3) is 0.412. The Balaban J connectivity index is 1.52. The van der Waals surface area contributed by atoms with Crippen molar-refractivity contribution in [2.24, 2.45) is 0 Å². The van der Waals surface area contributed by atoms with Gasteiger partial charge in [0, 0.05) is 32.2 Å². The summed E-state index contributed by atoms with van der Waals surface area (Å²) in [6.45, 7) is 6.77. The first-order valence-corrected chi connectivity index (χ1v) is 7.92. The molecular weight excluding hydrogens is 292 g/mol. The molecule has 0 spiro atoms. The lowest BCUT2D eigenvalue weighted by molar-refractivity contribution is 0.191. The second-order valence-electron chi connectivity index (χ2n) is 5.85. The second kappa shape index (κ2) is 6.73. The van der Waals surface area contributed by atoms with Gasteiger partial charge in [0.2, 0.25) is 0 Å². The van der Waals surface area contributed by atoms with E-state index < -0.39 is 0 Å². The Hall–Kier alpha value is -2.50. The van der Waals surface area contributed by atoms with Crippen LogP contribution in [-0.4, -0.2) is 42.3 Å². The highest BCUT2D eigenvalue weighted by Crippen LogP contribution is 2.17. The Morgan fingerprint density at radius 1 is 1.22 bits per heavy atom. The predicted molar refractivity (Wildman–Crippen MR) is 88.4 cm³/mol. The number of benzene rings is 1. The molecule has 1 saturated heterocycles. The van der Waals surface area contributed by atoms with Crippen LogP contribution in [0.4, 0.5) is 10.6 Å². The van der Waals surface area contributed by atoms with Gasteiger partial charge in [-0.25, -0.2) is 4.79 Å². The molecule has 1 fully saturated rings. The Morgan fingerprint density at radius 2 is 1.91 bits per heavy atom. The normalized spacial score (nSPS) is 16.3. The van der Waals surface area contributed by atoms with Gasteiger partial charge in [-0.1, -0.05) is 35.5 Å². The van der Waals surface area contributed by atoms with E-state index in [-0.39, 0.29) is 12.1 Å². The number of urea groups is 1. The molecule has 2 amide bonds. The molecule has 122 valence electrons. The maximum absolute atomic E-state index is 12.4. The number of aryl methyl sites for hydroxylation is 1. The number of aromatic nitrogens is 1. The molecule has 2 heterocycles. The van der Waals surface area contributed by atoms with Crippen LogP contribution >= 0.6 is 0 Å². The lowest BCUT2D eigenvalue weighted by Crippen LogP contribution is -2.52. The van der Waals surface area contributed by atoms with E-state index >= 15 is 0 Å². The number of carbonyl (C=O) groups is 1. The van der Waals surface area contributed by atoms with Crippen molar-refractivity contribution in [2.45, 2.75) is 19.9 Å². The molecule has 1 aliphatic rings. The van der Waals surface area contributed by atoms with Crippen LogP contribution in [0.15, 0.2) is 40.9 Å². The molecule has 1 atom stereocenters. The van der Waals surface area contributed by atoms with Crippen molar-refractivity contribution in [2.75, 3.05) is 31.1 Å². The van der Waals surface area contributed by atoms with Crippen molar-refractivity contribution in [1.82, 2.24) is 15.4 Å². The zero-order valence-corrected chi connectivity index (χ0v) is 13.5. The van der Waals surface area contributed by atoms with Crippen LogP contribution in [-0.2, 0) is 0 Å². The molecule has 0 radical (unpaired) electrons. The molecule has 0 saturated carbocycles. The molecule has 6 heteroatoms. The summed E-state index contributed by atoms with van der Waals surface area (Å²) in [4.78, 5) is 16.4. The van der Waals surface area contributed by atoms with Crippen LogP contribution in [0.5, 0.6) is 0 Å². The largest absolute Gasteiger partial charge is 0.360 e. The highest BCUT2D eigenvalue weighted by atomic mass is 16.5. The van der Waals surface area contributed by atoms with E-state index in [1.165, 1.54) is 0 Å². The Morgan fingerprint density at radius 3 is 2.52 bits per heavy atom. The third-order valence-corrected chi connectivity index (χ3v) is 4.15. The summed E-state index contributed by atoms with van der Waals surface area (Å²) < 4.78 is 5.11. The molecule has 2 aromatic rings. The summed E-state index contributed by atoms with van der Waals surface area (Å²) >= 11 is 0. The number of anilines is 1. The van der Waals surface area contributed by atoms with Gasteiger partial charge in [-0.3, -0.25) is 0 Å². The van der Waals surface area contributed by atoms with Crippen molar-refractivity contribution >= 4 is 11.8 Å². The summed E-state index contributed by atoms with van der Waals surface area (Å²) in [5, 5.41) is 7.09. The number of piperazine rings is 1. The number of carbonyl (C=O) groups excluding carboxylic acids is 1. The van der Waals surface area contributed by atoms with Gasteiger partial charge < -0.3 is 19.6 Å². The van der Waals surface area contributed by atoms with E-state index in [0.29, 0.717) is 13.1 Å². The van der Waals surface area contributed by atoms with Gasteiger partial charge in [-0.05, 0) is 19.4 Å². The minimum absolute atomic E-state index is 0.0000744. The predicted octanol–water partition coefficient (Wildman–Crippen LogP) is 2.58. The van der Waals surface area contributed by atoms with Crippen molar-refractivity contribution < 1.29 is 9.32 Å². The van der Waals surface area contributed by atoms with Crippen molar-refractivity contribution in [3.63, 3.8) is 0 Å². The molecule has 0 aliphatic carbocycles. The van der Waals surface area contributed by atoms with Crippen LogP contribution < -0.4 is 10.2 Å². The number of nitrogens with zero attached hydrogens (tertiary/aromatic N) is 3. The summed E-state index contributed by atoms with van der Waals surface area (Å²) in [5.74, 6) is 1.65. The molecule has 6 nitrogen and oxygen atoms in total. The molecular formula is C17H22N4O2. The Labute approximate surface area is 136 Å². The number of hydrogen-bond donors (Lipinski definition) is 1. The van der Waals surface area contributed by atoms with Gasteiger partial charge >= 0.3 is 6.03 Å². The first-order chi connectivity index (χ1) is 11.1. The van der Waals surface area contributed by atoms with Crippen LogP contribution in [0.25, 0.3) is 0 Å². The van der Waals surface area contributed by atoms with E-state index in [1.807, 2.05) is 55.1 Å². The quantitative estimate of drug-likeness (QED) is 0.946. The molecule has 1 N–H and O–H groups in total. The van der Waals surface area contributed by atoms with E-state index in [1.54, 1.807) is 0 Å². The van der Waals surface area contributed by atoms with Gasteiger partial charge in [0.05, 0.1) is 6.04 Å². The molecule has 3 rings (SSSR count). The zero-order chi connectivity index (χ0) is 16.2. The van der Waals surface area contributed by atoms with E-state index in [2.05, 4.69) is 15.4 Å². The maximum Gasteiger partial charge on any atom is 0.317 e. The first kappa shape index (κ1) is 15.4. The minimum Gasteiger partial charge on any atom is -0.360 e. The lowest BCUT2D eigenvalue weighted by Gasteiger charge is -2.35. The average molecular weight is 314 g/mol. The zero-order valence-electron chi connectivity index (χ0n) is 13.5. The summed E-state index contributed by atoms with van der Waals surface area (Å²) in [5.41, 5.74) is 1.11. The van der Waals surface area contributed by atoms with Crippen molar-refractivity contribution in [3.05, 3.63) is 47.7 Å². The van der Waals surface area contributed by atoms with Gasteiger partial charge in [0.25, 0.3) is 0 Å². The number of hydrogen-bond acceptors (Lipinski definition) is 4. The second-order valence-corrected chi connectivity index (χ2v) is 5.85. The van der Waals surface area contributed by atoms with Crippen molar-refractivity contribution in [1.29, 1.82) is 0 Å². The summed E-state index contributed by atoms with van der Waals surface area (Å²) in [7, 11) is 0. The SMILES string of the molecule is Cc1cc(N2CCN(C(=O)NC(C)c3ccccc3)CC2)no1. The number of amides is 2. The van der Waals surface area contributed by atoms with Crippen LogP contribution in [0.1, 0.15) is 24.3 Å². The van der Waals surface area contributed by atoms with E-state index in [9.17, 15) is 4.79 Å². The van der Waals surface area contributed by atoms with Crippen LogP contribution in [0.2, 0.25) is 0 Å². The molecule has 1 aromatic heterocycles. The third-order valence-electron chi connectivity index (χ3n) is 4.15. The fourth-order valence-corrected chi connectivity index (χ4v) is 2.74. The van der Waals surface area contributed by atoms with Gasteiger partial charge in [0.15, 0.2) is 5.82 Å². The molecule has 1 aromatic carbocycles. The standard InChI is InChI=1S/C17H22N4O2/c1-13-12-16(19-23-13)20-8-10-21(11-9-20)17(22)18-14(2)15-6-4-3-5-7-15/h3-7,12,14H,8-11H2,1-2H3,(H,18,22). The fourth-order valence-electron chi connectivity index (χ4n) is 2.74. The van der Waals surface area contributed by atoms with E-state index in [0.717, 1.165) is 30.2 Å². The summed E-state index contributed by atoms with van der Waals surface area (Å²) in [6.07, 6.45) is 0. The van der Waals surface area contributed by atoms with Crippen LogP contribution in [0, 0.1) is 6.92 Å². The topological polar surface area (TPSA) is 61.6 Å². The monoisotopic (exact) mass is 314 g/mol. The highest BCUT2D eigenvalue weighted by molar-refractivity contribution is 5.75. The van der Waals surface area contributed by atoms with E-state index in [4.69, 9.17) is 4.52 Å². The maximum atomic E-state index is 12.4. The number of rotatable bonds is 3. The van der Waals surface area contributed by atoms with Gasteiger partial charge in [-0.2, -0.15) is 0 Å². The first-order valence-electron chi connectivity index (χ1n) is 7.92. The highest BCUT2D eigenvalue weighted by Gasteiger charge is 2.23. The smallest absolute Gasteiger partial charge is 0.317 e. The Kier molecular flexibility index (Phi) is 4.50.